The fourth-order valence-electron chi connectivity index (χ4n) is 2.31. The van der Waals surface area contributed by atoms with Crippen LogP contribution in [0.15, 0.2) is 53.4 Å². The van der Waals surface area contributed by atoms with Crippen LogP contribution in [0.25, 0.3) is 0 Å². The standard InChI is InChI=1S/C19H22N2O5S/c1-12-6-4-5-7-17(12)21-27(25,26)16-10-8-15(9-11-16)18(22)20-14(3)13(2)19(23)24/h4-11,13-14,21H,1-3H3,(H,20,22)(H,23,24). The molecule has 0 spiro atoms. The summed E-state index contributed by atoms with van der Waals surface area (Å²) < 4.78 is 27.5. The minimum atomic E-state index is -3.79. The van der Waals surface area contributed by atoms with Crippen molar-refractivity contribution in [3.05, 3.63) is 59.7 Å². The summed E-state index contributed by atoms with van der Waals surface area (Å²) in [6.07, 6.45) is 0. The average Bonchev–Trinajstić information content (AvgIpc) is 2.62. The first kappa shape index (κ1) is 20.4. The maximum absolute atomic E-state index is 12.5. The molecule has 0 fully saturated rings. The number of hydrogen-bond donors (Lipinski definition) is 3. The first-order valence-electron chi connectivity index (χ1n) is 8.34. The number of rotatable bonds is 7. The Labute approximate surface area is 158 Å². The molecule has 0 bridgehead atoms. The van der Waals surface area contributed by atoms with E-state index in [0.29, 0.717) is 5.69 Å². The molecule has 0 heterocycles. The molecule has 27 heavy (non-hydrogen) atoms. The van der Waals surface area contributed by atoms with Gasteiger partial charge in [0.15, 0.2) is 0 Å². The second kappa shape index (κ2) is 8.22. The highest BCUT2D eigenvalue weighted by Gasteiger charge is 2.22. The summed E-state index contributed by atoms with van der Waals surface area (Å²) in [4.78, 5) is 23.2. The second-order valence-electron chi connectivity index (χ2n) is 6.33. The first-order valence-corrected chi connectivity index (χ1v) is 9.82. The number of aryl methyl sites for hydroxylation is 1. The molecular weight excluding hydrogens is 368 g/mol. The SMILES string of the molecule is Cc1ccccc1NS(=O)(=O)c1ccc(C(=O)NC(C)C(C)C(=O)O)cc1. The lowest BCUT2D eigenvalue weighted by Gasteiger charge is -2.17. The van der Waals surface area contributed by atoms with E-state index in [1.807, 2.05) is 6.07 Å². The monoisotopic (exact) mass is 390 g/mol. The van der Waals surface area contributed by atoms with Crippen molar-refractivity contribution < 1.29 is 23.1 Å². The highest BCUT2D eigenvalue weighted by molar-refractivity contribution is 7.92. The maximum atomic E-state index is 12.5. The largest absolute Gasteiger partial charge is 0.481 e. The van der Waals surface area contributed by atoms with Crippen LogP contribution in [-0.4, -0.2) is 31.4 Å². The zero-order valence-electron chi connectivity index (χ0n) is 15.3. The summed E-state index contributed by atoms with van der Waals surface area (Å²) in [5, 5.41) is 11.6. The van der Waals surface area contributed by atoms with E-state index >= 15 is 0 Å². The van der Waals surface area contributed by atoms with Crippen molar-refractivity contribution in [3.63, 3.8) is 0 Å². The van der Waals surface area contributed by atoms with Gasteiger partial charge in [-0.1, -0.05) is 18.2 Å². The highest BCUT2D eigenvalue weighted by Crippen LogP contribution is 2.19. The van der Waals surface area contributed by atoms with Crippen LogP contribution in [0, 0.1) is 12.8 Å². The van der Waals surface area contributed by atoms with Crippen LogP contribution in [-0.2, 0) is 14.8 Å². The molecule has 2 unspecified atom stereocenters. The van der Waals surface area contributed by atoms with Gasteiger partial charge in [-0.25, -0.2) is 8.42 Å². The number of anilines is 1. The van der Waals surface area contributed by atoms with Gasteiger partial charge in [-0.05, 0) is 56.7 Å². The van der Waals surface area contributed by atoms with Crippen molar-refractivity contribution >= 4 is 27.6 Å². The van der Waals surface area contributed by atoms with E-state index in [0.717, 1.165) is 5.56 Å². The summed E-state index contributed by atoms with van der Waals surface area (Å²) >= 11 is 0. The van der Waals surface area contributed by atoms with Gasteiger partial charge in [0.05, 0.1) is 16.5 Å². The molecule has 0 saturated carbocycles. The molecule has 2 aromatic rings. The molecule has 2 rings (SSSR count). The van der Waals surface area contributed by atoms with E-state index in [2.05, 4.69) is 10.0 Å². The number of hydrogen-bond acceptors (Lipinski definition) is 4. The number of sulfonamides is 1. The molecule has 0 aliphatic carbocycles. The van der Waals surface area contributed by atoms with Gasteiger partial charge < -0.3 is 10.4 Å². The van der Waals surface area contributed by atoms with Gasteiger partial charge >= 0.3 is 5.97 Å². The number of aliphatic carboxylic acids is 1. The number of nitrogens with one attached hydrogen (secondary N) is 2. The van der Waals surface area contributed by atoms with Crippen LogP contribution >= 0.6 is 0 Å². The molecule has 0 radical (unpaired) electrons. The number of amides is 1. The summed E-state index contributed by atoms with van der Waals surface area (Å²) in [7, 11) is -3.79. The third-order valence-corrected chi connectivity index (χ3v) is 5.70. The lowest BCUT2D eigenvalue weighted by molar-refractivity contribution is -0.141. The van der Waals surface area contributed by atoms with E-state index in [1.54, 1.807) is 32.0 Å². The zero-order chi connectivity index (χ0) is 20.2. The third kappa shape index (κ3) is 5.07. The molecule has 8 heteroatoms. The summed E-state index contributed by atoms with van der Waals surface area (Å²) in [5.41, 5.74) is 1.52. The molecule has 0 aliphatic heterocycles. The van der Waals surface area contributed by atoms with E-state index in [9.17, 15) is 18.0 Å². The maximum Gasteiger partial charge on any atom is 0.308 e. The number of carboxylic acid groups (broad SMARTS) is 1. The van der Waals surface area contributed by atoms with Gasteiger partial charge in [0.1, 0.15) is 0 Å². The quantitative estimate of drug-likeness (QED) is 0.673. The van der Waals surface area contributed by atoms with Crippen molar-refractivity contribution in [2.45, 2.75) is 31.7 Å². The lowest BCUT2D eigenvalue weighted by atomic mass is 10.0. The minimum Gasteiger partial charge on any atom is -0.481 e. The van der Waals surface area contributed by atoms with Crippen molar-refractivity contribution in [2.24, 2.45) is 5.92 Å². The molecule has 144 valence electrons. The number of benzene rings is 2. The van der Waals surface area contributed by atoms with Gasteiger partial charge in [0, 0.05) is 11.6 Å². The molecule has 2 aromatic carbocycles. The molecular formula is C19H22N2O5S. The molecule has 1 amide bonds. The molecule has 7 nitrogen and oxygen atoms in total. The summed E-state index contributed by atoms with van der Waals surface area (Å²) in [6.45, 7) is 4.90. The molecule has 2 atom stereocenters. The fourth-order valence-corrected chi connectivity index (χ4v) is 3.44. The molecule has 0 aromatic heterocycles. The van der Waals surface area contributed by atoms with Crippen molar-refractivity contribution in [2.75, 3.05) is 4.72 Å². The van der Waals surface area contributed by atoms with Gasteiger partial charge in [-0.3, -0.25) is 14.3 Å². The number of carbonyl (C=O) groups is 2. The van der Waals surface area contributed by atoms with E-state index in [1.165, 1.54) is 31.2 Å². The van der Waals surface area contributed by atoms with Gasteiger partial charge in [0.25, 0.3) is 15.9 Å². The van der Waals surface area contributed by atoms with Crippen molar-refractivity contribution in [1.29, 1.82) is 0 Å². The topological polar surface area (TPSA) is 113 Å². The molecule has 0 saturated heterocycles. The van der Waals surface area contributed by atoms with E-state index in [4.69, 9.17) is 5.11 Å². The van der Waals surface area contributed by atoms with Crippen LogP contribution in [0.2, 0.25) is 0 Å². The van der Waals surface area contributed by atoms with Crippen LogP contribution in [0.4, 0.5) is 5.69 Å². The number of para-hydroxylation sites is 1. The average molecular weight is 390 g/mol. The highest BCUT2D eigenvalue weighted by atomic mass is 32.2. The van der Waals surface area contributed by atoms with Crippen molar-refractivity contribution in [3.8, 4) is 0 Å². The zero-order valence-corrected chi connectivity index (χ0v) is 16.1. The number of carboxylic acids is 1. The fraction of sp³-hybridized carbons (Fsp3) is 0.263. The van der Waals surface area contributed by atoms with Gasteiger partial charge in [-0.15, -0.1) is 0 Å². The summed E-state index contributed by atoms with van der Waals surface area (Å²) in [6, 6.07) is 11.9. The third-order valence-electron chi connectivity index (χ3n) is 4.31. The van der Waals surface area contributed by atoms with Crippen molar-refractivity contribution in [1.82, 2.24) is 5.32 Å². The Morgan fingerprint density at radius 1 is 1.00 bits per heavy atom. The Balaban J connectivity index is 2.13. The van der Waals surface area contributed by atoms with Crippen LogP contribution < -0.4 is 10.0 Å². The Bertz CT molecular complexity index is 939. The first-order chi connectivity index (χ1) is 12.6. The second-order valence-corrected chi connectivity index (χ2v) is 8.02. The van der Waals surface area contributed by atoms with E-state index in [-0.39, 0.29) is 10.5 Å². The smallest absolute Gasteiger partial charge is 0.308 e. The lowest BCUT2D eigenvalue weighted by Crippen LogP contribution is -2.40. The van der Waals surface area contributed by atoms with Crippen LogP contribution in [0.1, 0.15) is 29.8 Å². The van der Waals surface area contributed by atoms with Crippen LogP contribution in [0.3, 0.4) is 0 Å². The number of carbonyl (C=O) groups excluding carboxylic acids is 1. The predicted molar refractivity (Wildman–Crippen MR) is 102 cm³/mol. The summed E-state index contributed by atoms with van der Waals surface area (Å²) in [5.74, 6) is -2.22. The normalized spacial score (nSPS) is 13.4. The molecule has 3 N–H and O–H groups in total. The predicted octanol–water partition coefficient (Wildman–Crippen LogP) is 2.63. The Morgan fingerprint density at radius 2 is 1.59 bits per heavy atom. The molecule has 0 aliphatic rings. The minimum absolute atomic E-state index is 0.0225. The van der Waals surface area contributed by atoms with Gasteiger partial charge in [-0.2, -0.15) is 0 Å². The Hall–Kier alpha value is -2.87. The Kier molecular flexibility index (Phi) is 6.22. The van der Waals surface area contributed by atoms with Crippen LogP contribution in [0.5, 0.6) is 0 Å². The van der Waals surface area contributed by atoms with E-state index < -0.39 is 33.9 Å². The Morgan fingerprint density at radius 3 is 2.15 bits per heavy atom. The van der Waals surface area contributed by atoms with Gasteiger partial charge in [0.2, 0.25) is 0 Å².